The van der Waals surface area contributed by atoms with Gasteiger partial charge in [0.2, 0.25) is 11.8 Å². The van der Waals surface area contributed by atoms with E-state index >= 15 is 0 Å². The fraction of sp³-hybridized carbons (Fsp3) is 0.231. The molecule has 104 valence electrons. The van der Waals surface area contributed by atoms with Crippen LogP contribution in [-0.4, -0.2) is 27.6 Å². The highest BCUT2D eigenvalue weighted by atomic mass is 32.2. The maximum Gasteiger partial charge on any atom is 0.277 e. The minimum absolute atomic E-state index is 0.00908. The van der Waals surface area contributed by atoms with Crippen molar-refractivity contribution in [2.75, 3.05) is 11.1 Å². The summed E-state index contributed by atoms with van der Waals surface area (Å²) < 4.78 is 5.15. The van der Waals surface area contributed by atoms with Crippen molar-refractivity contribution in [3.8, 4) is 0 Å². The van der Waals surface area contributed by atoms with E-state index in [-0.39, 0.29) is 17.4 Å². The fourth-order valence-corrected chi connectivity index (χ4v) is 2.05. The minimum Gasteiger partial charge on any atom is -0.416 e. The quantitative estimate of drug-likeness (QED) is 0.672. The molecule has 0 spiro atoms. The second-order valence-electron chi connectivity index (χ2n) is 4.06. The number of aryl methyl sites for hydroxylation is 1. The van der Waals surface area contributed by atoms with Gasteiger partial charge in [-0.1, -0.05) is 11.8 Å². The first kappa shape index (κ1) is 14.3. The van der Waals surface area contributed by atoms with Gasteiger partial charge in [-0.3, -0.25) is 9.59 Å². The van der Waals surface area contributed by atoms with Gasteiger partial charge in [-0.2, -0.15) is 0 Å². The summed E-state index contributed by atoms with van der Waals surface area (Å²) in [6.07, 6.45) is 0. The third-order valence-electron chi connectivity index (χ3n) is 2.41. The first-order valence-electron chi connectivity index (χ1n) is 5.88. The van der Waals surface area contributed by atoms with Crippen molar-refractivity contribution < 1.29 is 14.0 Å². The average Bonchev–Trinajstić information content (AvgIpc) is 2.83. The van der Waals surface area contributed by atoms with E-state index in [1.807, 2.05) is 0 Å². The van der Waals surface area contributed by atoms with Crippen molar-refractivity contribution in [1.29, 1.82) is 0 Å². The van der Waals surface area contributed by atoms with E-state index in [0.29, 0.717) is 22.4 Å². The first-order chi connectivity index (χ1) is 9.54. The lowest BCUT2D eigenvalue weighted by Crippen LogP contribution is -2.14. The van der Waals surface area contributed by atoms with Gasteiger partial charge in [-0.15, -0.1) is 10.2 Å². The Balaban J connectivity index is 1.86. The van der Waals surface area contributed by atoms with E-state index < -0.39 is 0 Å². The van der Waals surface area contributed by atoms with Crippen LogP contribution < -0.4 is 5.32 Å². The Labute approximate surface area is 120 Å². The van der Waals surface area contributed by atoms with Crippen molar-refractivity contribution in [1.82, 2.24) is 10.2 Å². The summed E-state index contributed by atoms with van der Waals surface area (Å²) in [4.78, 5) is 22.8. The Kier molecular flexibility index (Phi) is 4.52. The molecule has 20 heavy (non-hydrogen) atoms. The van der Waals surface area contributed by atoms with Gasteiger partial charge >= 0.3 is 0 Å². The summed E-state index contributed by atoms with van der Waals surface area (Å²) >= 11 is 1.17. The standard InChI is InChI=1S/C13H13N3O3S/c1-8(17)10-3-5-11(6-4-10)14-12(18)7-20-13-16-15-9(2)19-13/h3-6H,7H2,1-2H3,(H,14,18). The van der Waals surface area contributed by atoms with Crippen LogP contribution in [0.3, 0.4) is 0 Å². The highest BCUT2D eigenvalue weighted by Crippen LogP contribution is 2.16. The summed E-state index contributed by atoms with van der Waals surface area (Å²) in [5.74, 6) is 0.454. The molecule has 0 aliphatic heterocycles. The molecule has 1 heterocycles. The molecule has 2 aromatic rings. The number of hydrogen-bond donors (Lipinski definition) is 1. The highest BCUT2D eigenvalue weighted by Gasteiger charge is 2.08. The molecule has 0 fully saturated rings. The summed E-state index contributed by atoms with van der Waals surface area (Å²) in [6, 6.07) is 6.73. The number of carbonyl (C=O) groups excluding carboxylic acids is 2. The van der Waals surface area contributed by atoms with Gasteiger partial charge in [-0.25, -0.2) is 0 Å². The van der Waals surface area contributed by atoms with E-state index in [2.05, 4.69) is 15.5 Å². The Hall–Kier alpha value is -2.15. The summed E-state index contributed by atoms with van der Waals surface area (Å²) in [5.41, 5.74) is 1.25. The van der Waals surface area contributed by atoms with Crippen molar-refractivity contribution in [3.05, 3.63) is 35.7 Å². The van der Waals surface area contributed by atoms with Gasteiger partial charge in [0, 0.05) is 18.2 Å². The van der Waals surface area contributed by atoms with E-state index in [0.717, 1.165) is 0 Å². The smallest absolute Gasteiger partial charge is 0.277 e. The molecular weight excluding hydrogens is 278 g/mol. The fourth-order valence-electron chi connectivity index (χ4n) is 1.45. The number of anilines is 1. The number of aromatic nitrogens is 2. The molecule has 0 bridgehead atoms. The van der Waals surface area contributed by atoms with E-state index in [1.165, 1.54) is 18.7 Å². The SMILES string of the molecule is CC(=O)c1ccc(NC(=O)CSc2nnc(C)o2)cc1. The van der Waals surface area contributed by atoms with Crippen LogP contribution in [0, 0.1) is 6.92 Å². The predicted octanol–water partition coefficient (Wildman–Crippen LogP) is 2.31. The maximum absolute atomic E-state index is 11.7. The Morgan fingerprint density at radius 2 is 1.95 bits per heavy atom. The Morgan fingerprint density at radius 1 is 1.25 bits per heavy atom. The number of rotatable bonds is 5. The van der Waals surface area contributed by atoms with Crippen molar-refractivity contribution in [3.63, 3.8) is 0 Å². The number of nitrogens with one attached hydrogen (secondary N) is 1. The summed E-state index contributed by atoms with van der Waals surface area (Å²) in [7, 11) is 0. The monoisotopic (exact) mass is 291 g/mol. The molecule has 1 amide bonds. The number of hydrogen-bond acceptors (Lipinski definition) is 6. The van der Waals surface area contributed by atoms with Gasteiger partial charge < -0.3 is 9.73 Å². The lowest BCUT2D eigenvalue weighted by atomic mass is 10.1. The van der Waals surface area contributed by atoms with E-state index in [4.69, 9.17) is 4.42 Å². The van der Waals surface area contributed by atoms with Crippen LogP contribution >= 0.6 is 11.8 Å². The van der Waals surface area contributed by atoms with Crippen LogP contribution in [0.25, 0.3) is 0 Å². The minimum atomic E-state index is -0.179. The maximum atomic E-state index is 11.7. The average molecular weight is 291 g/mol. The third kappa shape index (κ3) is 3.92. The topological polar surface area (TPSA) is 85.1 Å². The van der Waals surface area contributed by atoms with Crippen LogP contribution in [0.5, 0.6) is 0 Å². The highest BCUT2D eigenvalue weighted by molar-refractivity contribution is 7.99. The zero-order valence-corrected chi connectivity index (χ0v) is 11.9. The molecule has 1 N–H and O–H groups in total. The lowest BCUT2D eigenvalue weighted by Gasteiger charge is -2.04. The number of Topliss-reactive ketones (excluding diaryl/α,β-unsaturated/α-hetero) is 1. The molecule has 0 aliphatic carbocycles. The predicted molar refractivity (Wildman–Crippen MR) is 74.8 cm³/mol. The molecule has 0 unspecified atom stereocenters. The number of thioether (sulfide) groups is 1. The van der Waals surface area contributed by atoms with E-state index in [9.17, 15) is 9.59 Å². The van der Waals surface area contributed by atoms with Gasteiger partial charge in [-0.05, 0) is 31.2 Å². The van der Waals surface area contributed by atoms with Gasteiger partial charge in [0.1, 0.15) is 0 Å². The molecule has 0 radical (unpaired) electrons. The molecule has 0 aliphatic rings. The largest absolute Gasteiger partial charge is 0.416 e. The van der Waals surface area contributed by atoms with Crippen LogP contribution in [0.4, 0.5) is 5.69 Å². The molecule has 7 heteroatoms. The Bertz CT molecular complexity index is 622. The second-order valence-corrected chi connectivity index (χ2v) is 4.98. The molecule has 1 aromatic heterocycles. The van der Waals surface area contributed by atoms with Crippen LogP contribution in [-0.2, 0) is 4.79 Å². The van der Waals surface area contributed by atoms with Crippen LogP contribution in [0.15, 0.2) is 33.9 Å². The Morgan fingerprint density at radius 3 is 2.50 bits per heavy atom. The molecule has 0 atom stereocenters. The molecule has 6 nitrogen and oxygen atoms in total. The second kappa shape index (κ2) is 6.33. The molecule has 1 aromatic carbocycles. The number of benzene rings is 1. The van der Waals surface area contributed by atoms with Gasteiger partial charge in [0.05, 0.1) is 5.75 Å². The third-order valence-corrected chi connectivity index (χ3v) is 3.23. The first-order valence-corrected chi connectivity index (χ1v) is 6.87. The number of amides is 1. The number of nitrogens with zero attached hydrogens (tertiary/aromatic N) is 2. The van der Waals surface area contributed by atoms with Crippen molar-refractivity contribution in [2.24, 2.45) is 0 Å². The normalized spacial score (nSPS) is 10.3. The zero-order valence-electron chi connectivity index (χ0n) is 11.0. The summed E-state index contributed by atoms with van der Waals surface area (Å²) in [6.45, 7) is 3.18. The van der Waals surface area contributed by atoms with E-state index in [1.54, 1.807) is 31.2 Å². The van der Waals surface area contributed by atoms with Crippen LogP contribution in [0.1, 0.15) is 23.2 Å². The molecule has 2 rings (SSSR count). The number of ketones is 1. The molecule has 0 saturated carbocycles. The molecular formula is C13H13N3O3S. The number of carbonyl (C=O) groups is 2. The molecule has 0 saturated heterocycles. The van der Waals surface area contributed by atoms with Crippen molar-refractivity contribution in [2.45, 2.75) is 19.1 Å². The lowest BCUT2D eigenvalue weighted by molar-refractivity contribution is -0.113. The van der Waals surface area contributed by atoms with Gasteiger partial charge in [0.15, 0.2) is 5.78 Å². The van der Waals surface area contributed by atoms with Gasteiger partial charge in [0.25, 0.3) is 5.22 Å². The zero-order chi connectivity index (χ0) is 14.5. The summed E-state index contributed by atoms with van der Waals surface area (Å²) in [5, 5.41) is 10.5. The van der Waals surface area contributed by atoms with Crippen LogP contribution in [0.2, 0.25) is 0 Å². The van der Waals surface area contributed by atoms with Crippen molar-refractivity contribution >= 4 is 29.1 Å².